The van der Waals surface area contributed by atoms with Crippen molar-refractivity contribution in [2.75, 3.05) is 0 Å². The minimum absolute atomic E-state index is 0.0584. The van der Waals surface area contributed by atoms with E-state index < -0.39 is 0 Å². The molecule has 1 aromatic heterocycles. The van der Waals surface area contributed by atoms with Gasteiger partial charge in [-0.2, -0.15) is 0 Å². The minimum Gasteiger partial charge on any atom is -0.293 e. The van der Waals surface area contributed by atoms with Gasteiger partial charge in [-0.3, -0.25) is 4.79 Å². The number of hydrogen-bond donors (Lipinski definition) is 0. The second kappa shape index (κ2) is 4.63. The van der Waals surface area contributed by atoms with Gasteiger partial charge in [-0.25, -0.2) is 0 Å². The van der Waals surface area contributed by atoms with Gasteiger partial charge in [-0.1, -0.05) is 32.6 Å². The normalized spacial score (nSPS) is 10.2. The van der Waals surface area contributed by atoms with Gasteiger partial charge >= 0.3 is 0 Å². The van der Waals surface area contributed by atoms with E-state index in [1.807, 2.05) is 24.3 Å². The Morgan fingerprint density at radius 1 is 1.47 bits per heavy atom. The Bertz CT molecular complexity index is 470. The van der Waals surface area contributed by atoms with Gasteiger partial charge < -0.3 is 0 Å². The van der Waals surface area contributed by atoms with Crippen molar-refractivity contribution >= 4 is 33.2 Å². The topological polar surface area (TPSA) is 42.9 Å². The molecule has 15 heavy (non-hydrogen) atoms. The lowest BCUT2D eigenvalue weighted by Crippen LogP contribution is -2.00. The van der Waals surface area contributed by atoms with E-state index in [0.29, 0.717) is 11.3 Å². The van der Waals surface area contributed by atoms with Crippen LogP contribution in [0.4, 0.5) is 0 Å². The van der Waals surface area contributed by atoms with Crippen LogP contribution < -0.4 is 0 Å². The van der Waals surface area contributed by atoms with Crippen LogP contribution in [0.2, 0.25) is 0 Å². The molecule has 0 aliphatic heterocycles. The van der Waals surface area contributed by atoms with Gasteiger partial charge in [0.05, 0.1) is 6.20 Å². The molecular formula is C10H7BrN2OS. The number of nitrogens with zero attached hydrogens (tertiary/aromatic N) is 2. The van der Waals surface area contributed by atoms with E-state index in [1.165, 1.54) is 6.20 Å². The molecule has 2 rings (SSSR count). The zero-order valence-corrected chi connectivity index (χ0v) is 10.1. The first-order chi connectivity index (χ1) is 7.25. The third-order valence-corrected chi connectivity index (χ3v) is 3.09. The first kappa shape index (κ1) is 10.4. The minimum atomic E-state index is 0.0584. The molecule has 0 saturated heterocycles. The Kier molecular flexibility index (Phi) is 3.23. The van der Waals surface area contributed by atoms with Gasteiger partial charge in [-0.15, -0.1) is 5.10 Å². The van der Waals surface area contributed by atoms with Crippen LogP contribution in [0, 0.1) is 0 Å². The maximum Gasteiger partial charge on any atom is 0.180 e. The number of rotatable bonds is 3. The SMILES string of the molecule is O=C(Cc1cccc(Br)c1)c1cnns1. The van der Waals surface area contributed by atoms with E-state index in [2.05, 4.69) is 25.5 Å². The predicted molar refractivity (Wildman–Crippen MR) is 62.1 cm³/mol. The molecule has 0 aliphatic carbocycles. The van der Waals surface area contributed by atoms with Crippen LogP contribution in [-0.2, 0) is 6.42 Å². The molecule has 0 spiro atoms. The molecule has 0 bridgehead atoms. The van der Waals surface area contributed by atoms with E-state index >= 15 is 0 Å². The van der Waals surface area contributed by atoms with Crippen LogP contribution >= 0.6 is 27.5 Å². The van der Waals surface area contributed by atoms with Crippen molar-refractivity contribution in [2.45, 2.75) is 6.42 Å². The van der Waals surface area contributed by atoms with Crippen LogP contribution in [0.5, 0.6) is 0 Å². The fourth-order valence-electron chi connectivity index (χ4n) is 1.21. The summed E-state index contributed by atoms with van der Waals surface area (Å²) in [7, 11) is 0. The number of Topliss-reactive ketones (excluding diaryl/α,β-unsaturated/α-hetero) is 1. The number of benzene rings is 1. The summed E-state index contributed by atoms with van der Waals surface area (Å²) in [5, 5.41) is 3.64. The second-order valence-corrected chi connectivity index (χ2v) is 4.71. The van der Waals surface area contributed by atoms with Crippen LogP contribution in [0.25, 0.3) is 0 Å². The lowest BCUT2D eigenvalue weighted by molar-refractivity contribution is 0.0996. The predicted octanol–water partition coefficient (Wildman–Crippen LogP) is 2.73. The molecule has 0 N–H and O–H groups in total. The van der Waals surface area contributed by atoms with Crippen LogP contribution in [0.1, 0.15) is 15.2 Å². The van der Waals surface area contributed by atoms with Gasteiger partial charge in [0.1, 0.15) is 4.88 Å². The van der Waals surface area contributed by atoms with E-state index in [0.717, 1.165) is 21.6 Å². The Balaban J connectivity index is 2.13. The van der Waals surface area contributed by atoms with Crippen molar-refractivity contribution < 1.29 is 4.79 Å². The molecule has 5 heteroatoms. The Labute approximate surface area is 99.4 Å². The lowest BCUT2D eigenvalue weighted by Gasteiger charge is -1.98. The Morgan fingerprint density at radius 3 is 3.00 bits per heavy atom. The number of carbonyl (C=O) groups is 1. The van der Waals surface area contributed by atoms with Crippen molar-refractivity contribution in [1.82, 2.24) is 9.59 Å². The van der Waals surface area contributed by atoms with Gasteiger partial charge in [0.25, 0.3) is 0 Å². The summed E-state index contributed by atoms with van der Waals surface area (Å²) in [6.45, 7) is 0. The largest absolute Gasteiger partial charge is 0.293 e. The number of ketones is 1. The Hall–Kier alpha value is -1.07. The van der Waals surface area contributed by atoms with Crippen LogP contribution in [-0.4, -0.2) is 15.4 Å². The third-order valence-electron chi connectivity index (χ3n) is 1.89. The van der Waals surface area contributed by atoms with E-state index in [1.54, 1.807) is 0 Å². The van der Waals surface area contributed by atoms with Crippen molar-refractivity contribution in [3.05, 3.63) is 45.4 Å². The summed E-state index contributed by atoms with van der Waals surface area (Å²) in [6.07, 6.45) is 1.90. The van der Waals surface area contributed by atoms with E-state index in [9.17, 15) is 4.79 Å². The molecule has 1 heterocycles. The molecule has 0 atom stereocenters. The first-order valence-corrected chi connectivity index (χ1v) is 5.87. The summed E-state index contributed by atoms with van der Waals surface area (Å²) < 4.78 is 4.65. The molecule has 3 nitrogen and oxygen atoms in total. The first-order valence-electron chi connectivity index (χ1n) is 4.31. The molecular weight excluding hydrogens is 276 g/mol. The van der Waals surface area contributed by atoms with Gasteiger partial charge in [-0.05, 0) is 29.2 Å². The third kappa shape index (κ3) is 2.70. The smallest absolute Gasteiger partial charge is 0.180 e. The Morgan fingerprint density at radius 2 is 2.33 bits per heavy atom. The van der Waals surface area contributed by atoms with Crippen molar-refractivity contribution in [3.8, 4) is 0 Å². The second-order valence-electron chi connectivity index (χ2n) is 3.01. The number of carbonyl (C=O) groups excluding carboxylic acids is 1. The van der Waals surface area contributed by atoms with Crippen molar-refractivity contribution in [2.24, 2.45) is 0 Å². The lowest BCUT2D eigenvalue weighted by atomic mass is 10.1. The maximum atomic E-state index is 11.7. The highest BCUT2D eigenvalue weighted by Crippen LogP contribution is 2.14. The molecule has 0 fully saturated rings. The summed E-state index contributed by atoms with van der Waals surface area (Å²) in [5.74, 6) is 0.0584. The molecule has 0 unspecified atom stereocenters. The highest BCUT2D eigenvalue weighted by Gasteiger charge is 2.09. The van der Waals surface area contributed by atoms with Gasteiger partial charge in [0.15, 0.2) is 5.78 Å². The van der Waals surface area contributed by atoms with Crippen LogP contribution in [0.3, 0.4) is 0 Å². The fraction of sp³-hybridized carbons (Fsp3) is 0.100. The maximum absolute atomic E-state index is 11.7. The number of halogens is 1. The molecule has 0 saturated carbocycles. The number of hydrogen-bond acceptors (Lipinski definition) is 4. The molecule has 1 aromatic carbocycles. The monoisotopic (exact) mass is 282 g/mol. The molecule has 0 radical (unpaired) electrons. The summed E-state index contributed by atoms with van der Waals surface area (Å²) in [4.78, 5) is 12.3. The molecule has 76 valence electrons. The van der Waals surface area contributed by atoms with E-state index in [4.69, 9.17) is 0 Å². The fourth-order valence-corrected chi connectivity index (χ4v) is 2.11. The average molecular weight is 283 g/mol. The molecule has 0 aliphatic rings. The number of aromatic nitrogens is 2. The van der Waals surface area contributed by atoms with Gasteiger partial charge in [0.2, 0.25) is 0 Å². The summed E-state index contributed by atoms with van der Waals surface area (Å²) in [5.41, 5.74) is 0.989. The highest BCUT2D eigenvalue weighted by atomic mass is 79.9. The van der Waals surface area contributed by atoms with Crippen molar-refractivity contribution in [1.29, 1.82) is 0 Å². The van der Waals surface area contributed by atoms with Crippen LogP contribution in [0.15, 0.2) is 34.9 Å². The zero-order valence-electron chi connectivity index (χ0n) is 7.68. The standard InChI is InChI=1S/C10H7BrN2OS/c11-8-3-1-2-7(4-8)5-9(14)10-6-12-13-15-10/h1-4,6H,5H2. The van der Waals surface area contributed by atoms with Gasteiger partial charge in [0, 0.05) is 10.9 Å². The molecule has 0 amide bonds. The summed E-state index contributed by atoms with van der Waals surface area (Å²) >= 11 is 4.50. The van der Waals surface area contributed by atoms with Crippen molar-refractivity contribution in [3.63, 3.8) is 0 Å². The molecule has 2 aromatic rings. The highest BCUT2D eigenvalue weighted by molar-refractivity contribution is 9.10. The zero-order chi connectivity index (χ0) is 10.7. The quantitative estimate of drug-likeness (QED) is 0.813. The average Bonchev–Trinajstić information content (AvgIpc) is 2.70. The van der Waals surface area contributed by atoms with E-state index in [-0.39, 0.29) is 5.78 Å². The summed E-state index contributed by atoms with van der Waals surface area (Å²) in [6, 6.07) is 7.71.